The van der Waals surface area contributed by atoms with Crippen molar-refractivity contribution in [2.24, 2.45) is 11.8 Å². The summed E-state index contributed by atoms with van der Waals surface area (Å²) in [6.07, 6.45) is 9.88. The van der Waals surface area contributed by atoms with Gasteiger partial charge in [-0.15, -0.1) is 0 Å². The quantitative estimate of drug-likeness (QED) is 0.709. The van der Waals surface area contributed by atoms with Gasteiger partial charge in [-0.1, -0.05) is 12.8 Å². The summed E-state index contributed by atoms with van der Waals surface area (Å²) in [7, 11) is 0. The van der Waals surface area contributed by atoms with Crippen molar-refractivity contribution in [1.82, 2.24) is 9.80 Å². The Labute approximate surface area is 157 Å². The molecule has 2 bridgehead atoms. The minimum absolute atomic E-state index is 0.189. The number of carbonyl (C=O) groups excluding carboxylic acids is 2. The Bertz CT molecular complexity index is 562. The maximum atomic E-state index is 13.5. The Morgan fingerprint density at radius 2 is 1.65 bits per heavy atom. The molecule has 3 aliphatic heterocycles. The number of carbonyl (C=O) groups is 2. The summed E-state index contributed by atoms with van der Waals surface area (Å²) in [4.78, 5) is 30.5. The molecule has 26 heavy (non-hydrogen) atoms. The van der Waals surface area contributed by atoms with Crippen LogP contribution >= 0.6 is 0 Å². The van der Waals surface area contributed by atoms with Crippen LogP contribution in [0.25, 0.3) is 0 Å². The molecule has 0 unspecified atom stereocenters. The Kier molecular flexibility index (Phi) is 4.68. The molecule has 3 heterocycles. The van der Waals surface area contributed by atoms with Gasteiger partial charge in [0.25, 0.3) is 0 Å². The van der Waals surface area contributed by atoms with Crippen molar-refractivity contribution in [1.29, 1.82) is 0 Å². The molecule has 5 nitrogen and oxygen atoms in total. The van der Waals surface area contributed by atoms with Crippen molar-refractivity contribution in [2.45, 2.75) is 102 Å². The highest BCUT2D eigenvalue weighted by molar-refractivity contribution is 5.87. The molecule has 146 valence electrons. The molecule has 3 atom stereocenters. The van der Waals surface area contributed by atoms with E-state index in [1.165, 1.54) is 19.3 Å². The third-order valence-corrected chi connectivity index (χ3v) is 6.97. The highest BCUT2D eigenvalue weighted by Crippen LogP contribution is 2.43. The number of rotatable bonds is 1. The second-order valence-corrected chi connectivity index (χ2v) is 9.92. The van der Waals surface area contributed by atoms with Gasteiger partial charge in [-0.2, -0.15) is 0 Å². The minimum Gasteiger partial charge on any atom is -0.444 e. The number of amides is 2. The van der Waals surface area contributed by atoms with E-state index in [4.69, 9.17) is 4.74 Å². The highest BCUT2D eigenvalue weighted by Gasteiger charge is 2.51. The van der Waals surface area contributed by atoms with Crippen LogP contribution in [0.15, 0.2) is 0 Å². The predicted molar refractivity (Wildman–Crippen MR) is 99.7 cm³/mol. The molecule has 5 heteroatoms. The van der Waals surface area contributed by atoms with Crippen LogP contribution in [0.1, 0.15) is 78.6 Å². The van der Waals surface area contributed by atoms with E-state index >= 15 is 0 Å². The van der Waals surface area contributed by atoms with Gasteiger partial charge in [0.2, 0.25) is 5.91 Å². The molecule has 0 N–H and O–H groups in total. The molecule has 2 saturated carbocycles. The zero-order valence-electron chi connectivity index (χ0n) is 16.6. The molecule has 0 radical (unpaired) electrons. The van der Waals surface area contributed by atoms with Gasteiger partial charge in [-0.05, 0) is 77.6 Å². The Balaban J connectivity index is 1.56. The second-order valence-electron chi connectivity index (χ2n) is 9.92. The van der Waals surface area contributed by atoms with E-state index in [0.29, 0.717) is 17.9 Å². The third kappa shape index (κ3) is 3.34. The number of fused-ring (bicyclic) bond motifs is 4. The summed E-state index contributed by atoms with van der Waals surface area (Å²) in [5.41, 5.74) is -0.526. The van der Waals surface area contributed by atoms with Crippen LogP contribution in [0.3, 0.4) is 0 Å². The lowest BCUT2D eigenvalue weighted by atomic mass is 9.79. The van der Waals surface area contributed by atoms with Crippen LogP contribution in [-0.2, 0) is 9.53 Å². The summed E-state index contributed by atoms with van der Waals surface area (Å²) in [5, 5.41) is 0. The van der Waals surface area contributed by atoms with E-state index in [9.17, 15) is 9.59 Å². The molecular weight excluding hydrogens is 328 g/mol. The molecule has 2 amide bonds. The van der Waals surface area contributed by atoms with Crippen molar-refractivity contribution in [2.75, 3.05) is 6.54 Å². The molecule has 5 fully saturated rings. The maximum Gasteiger partial charge on any atom is 0.411 e. The Morgan fingerprint density at radius 3 is 2.27 bits per heavy atom. The van der Waals surface area contributed by atoms with E-state index < -0.39 is 5.60 Å². The fourth-order valence-electron chi connectivity index (χ4n) is 5.79. The number of hydrogen-bond donors (Lipinski definition) is 0. The molecule has 0 aromatic heterocycles. The third-order valence-electron chi connectivity index (χ3n) is 6.97. The van der Waals surface area contributed by atoms with E-state index in [-0.39, 0.29) is 24.1 Å². The van der Waals surface area contributed by atoms with Crippen molar-refractivity contribution in [3.8, 4) is 0 Å². The second kappa shape index (κ2) is 6.72. The molecule has 0 aromatic carbocycles. The fourth-order valence-corrected chi connectivity index (χ4v) is 5.79. The molecule has 0 spiro atoms. The number of hydrogen-bond acceptors (Lipinski definition) is 3. The van der Waals surface area contributed by atoms with E-state index in [1.54, 1.807) is 0 Å². The van der Waals surface area contributed by atoms with Crippen LogP contribution in [0.5, 0.6) is 0 Å². The smallest absolute Gasteiger partial charge is 0.411 e. The first-order valence-corrected chi connectivity index (χ1v) is 10.7. The van der Waals surface area contributed by atoms with Gasteiger partial charge in [0.1, 0.15) is 11.6 Å². The van der Waals surface area contributed by atoms with Crippen molar-refractivity contribution in [3.05, 3.63) is 0 Å². The standard InChI is InChI=1S/C21H34N2O3/c1-21(2,3)26-20(25)23-17-7-5-4-6-15(17)12-18(23)19(24)22-13-14-8-10-16(22)11-9-14/h14-18H,4-13H2,1-3H3/t14?,15-,16?,17-,18-/m0/s1. The minimum atomic E-state index is -0.526. The van der Waals surface area contributed by atoms with Crippen LogP contribution < -0.4 is 0 Å². The summed E-state index contributed by atoms with van der Waals surface area (Å²) >= 11 is 0. The summed E-state index contributed by atoms with van der Waals surface area (Å²) in [6.45, 7) is 6.61. The van der Waals surface area contributed by atoms with Crippen LogP contribution in [0.2, 0.25) is 0 Å². The van der Waals surface area contributed by atoms with E-state index in [2.05, 4.69) is 4.90 Å². The SMILES string of the molecule is CC(C)(C)OC(=O)N1[C@H](C(=O)N2CC3CCC2CC3)C[C@@H]2CCCC[C@@H]21. The molecule has 5 aliphatic rings. The van der Waals surface area contributed by atoms with Gasteiger partial charge >= 0.3 is 6.09 Å². The van der Waals surface area contributed by atoms with Crippen molar-refractivity contribution < 1.29 is 14.3 Å². The summed E-state index contributed by atoms with van der Waals surface area (Å²) in [6, 6.07) is 0.280. The zero-order valence-corrected chi connectivity index (χ0v) is 16.6. The first-order chi connectivity index (χ1) is 12.3. The summed E-state index contributed by atoms with van der Waals surface area (Å²) in [5.74, 6) is 1.33. The molecule has 2 aliphatic carbocycles. The lowest BCUT2D eigenvalue weighted by Gasteiger charge is -2.47. The van der Waals surface area contributed by atoms with E-state index in [1.807, 2.05) is 25.7 Å². The Morgan fingerprint density at radius 1 is 0.962 bits per heavy atom. The maximum absolute atomic E-state index is 13.5. The molecule has 3 saturated heterocycles. The summed E-state index contributed by atoms with van der Waals surface area (Å²) < 4.78 is 5.72. The topological polar surface area (TPSA) is 49.9 Å². The lowest BCUT2D eigenvalue weighted by Crippen LogP contribution is -2.57. The fraction of sp³-hybridized carbons (Fsp3) is 0.905. The largest absolute Gasteiger partial charge is 0.444 e. The Hall–Kier alpha value is -1.26. The van der Waals surface area contributed by atoms with Gasteiger partial charge in [-0.3, -0.25) is 9.69 Å². The van der Waals surface area contributed by atoms with Gasteiger partial charge in [0, 0.05) is 18.6 Å². The average Bonchev–Trinajstić information content (AvgIpc) is 3.00. The lowest BCUT2D eigenvalue weighted by molar-refractivity contribution is -0.144. The average molecular weight is 363 g/mol. The highest BCUT2D eigenvalue weighted by atomic mass is 16.6. The predicted octanol–water partition coefficient (Wildman–Crippen LogP) is 3.96. The van der Waals surface area contributed by atoms with Gasteiger partial charge in [0.05, 0.1) is 0 Å². The van der Waals surface area contributed by atoms with Gasteiger partial charge in [-0.25, -0.2) is 4.79 Å². The molecular formula is C21H34N2O3. The number of nitrogens with zero attached hydrogens (tertiary/aromatic N) is 2. The van der Waals surface area contributed by atoms with Crippen molar-refractivity contribution in [3.63, 3.8) is 0 Å². The number of likely N-dealkylation sites (tertiary alicyclic amines) is 1. The normalized spacial score (nSPS) is 36.8. The number of piperidine rings is 2. The monoisotopic (exact) mass is 362 g/mol. The zero-order chi connectivity index (χ0) is 18.5. The van der Waals surface area contributed by atoms with Crippen LogP contribution in [-0.4, -0.2) is 52.1 Å². The van der Waals surface area contributed by atoms with Crippen LogP contribution in [0.4, 0.5) is 4.79 Å². The van der Waals surface area contributed by atoms with Crippen LogP contribution in [0, 0.1) is 11.8 Å². The first-order valence-electron chi connectivity index (χ1n) is 10.7. The number of ether oxygens (including phenoxy) is 1. The van der Waals surface area contributed by atoms with E-state index in [0.717, 1.165) is 45.1 Å². The van der Waals surface area contributed by atoms with Crippen molar-refractivity contribution >= 4 is 12.0 Å². The molecule has 0 aromatic rings. The van der Waals surface area contributed by atoms with Gasteiger partial charge in [0.15, 0.2) is 0 Å². The molecule has 5 rings (SSSR count). The first kappa shape index (κ1) is 18.1. The van der Waals surface area contributed by atoms with Gasteiger partial charge < -0.3 is 9.64 Å².